The van der Waals surface area contributed by atoms with E-state index in [9.17, 15) is 0 Å². The van der Waals surface area contributed by atoms with E-state index in [-0.39, 0.29) is 0 Å². The molecule has 2 nitrogen and oxygen atoms in total. The van der Waals surface area contributed by atoms with Gasteiger partial charge in [-0.15, -0.1) is 0 Å². The Kier molecular flexibility index (Phi) is 5.20. The van der Waals surface area contributed by atoms with E-state index in [1.165, 1.54) is 37.0 Å². The molecule has 17 heavy (non-hydrogen) atoms. The zero-order valence-corrected chi connectivity index (χ0v) is 11.3. The van der Waals surface area contributed by atoms with Crippen LogP contribution in [0, 0.1) is 5.92 Å². The van der Waals surface area contributed by atoms with Gasteiger partial charge >= 0.3 is 0 Å². The molecule has 3 heteroatoms. The fourth-order valence-electron chi connectivity index (χ4n) is 2.29. The molecule has 1 aromatic carbocycles. The summed E-state index contributed by atoms with van der Waals surface area (Å²) in [6, 6.07) is 8.31. The highest BCUT2D eigenvalue weighted by atomic mass is 32.2. The normalized spacial score (nSPS) is 17.0. The van der Waals surface area contributed by atoms with Gasteiger partial charge in [0.1, 0.15) is 5.75 Å². The molecule has 1 aliphatic carbocycles. The molecule has 0 unspecified atom stereocenters. The van der Waals surface area contributed by atoms with Gasteiger partial charge in [0.15, 0.2) is 0 Å². The van der Waals surface area contributed by atoms with Gasteiger partial charge in [-0.2, -0.15) is 0 Å². The van der Waals surface area contributed by atoms with Crippen LogP contribution in [0.1, 0.15) is 32.1 Å². The molecular formula is C14H21NOS. The Morgan fingerprint density at radius 2 is 1.88 bits per heavy atom. The molecule has 0 aliphatic heterocycles. The Morgan fingerprint density at radius 1 is 1.18 bits per heavy atom. The zero-order valence-electron chi connectivity index (χ0n) is 10.4. The van der Waals surface area contributed by atoms with Crippen LogP contribution in [0.5, 0.6) is 5.75 Å². The summed E-state index contributed by atoms with van der Waals surface area (Å²) in [5, 5.41) is 0. The third-order valence-electron chi connectivity index (χ3n) is 3.25. The van der Waals surface area contributed by atoms with E-state index in [4.69, 9.17) is 4.74 Å². The maximum atomic E-state index is 5.85. The van der Waals surface area contributed by atoms with Crippen molar-refractivity contribution in [1.82, 2.24) is 4.72 Å². The number of rotatable bonds is 5. The standard InChI is InChI=1S/C14H21NOS/c1-15-17-14-9-7-13(8-10-14)16-11-12-5-3-2-4-6-12/h7-10,12,15H,2-6,11H2,1H3. The van der Waals surface area contributed by atoms with Crippen LogP contribution in [-0.4, -0.2) is 13.7 Å². The summed E-state index contributed by atoms with van der Waals surface area (Å²) in [7, 11) is 1.93. The van der Waals surface area contributed by atoms with Crippen molar-refractivity contribution in [2.24, 2.45) is 5.92 Å². The van der Waals surface area contributed by atoms with E-state index in [0.717, 1.165) is 18.3 Å². The lowest BCUT2D eigenvalue weighted by molar-refractivity contribution is 0.209. The van der Waals surface area contributed by atoms with Gasteiger partial charge in [0.05, 0.1) is 6.61 Å². The predicted octanol–water partition coefficient (Wildman–Crippen LogP) is 3.87. The van der Waals surface area contributed by atoms with E-state index in [0.29, 0.717) is 0 Å². The second-order valence-electron chi connectivity index (χ2n) is 4.59. The minimum Gasteiger partial charge on any atom is -0.493 e. The van der Waals surface area contributed by atoms with Crippen molar-refractivity contribution in [3.8, 4) is 5.75 Å². The van der Waals surface area contributed by atoms with Gasteiger partial charge in [-0.25, -0.2) is 0 Å². The molecule has 0 radical (unpaired) electrons. The number of hydrogen-bond acceptors (Lipinski definition) is 3. The summed E-state index contributed by atoms with van der Waals surface area (Å²) in [6.07, 6.45) is 6.85. The molecule has 0 bridgehead atoms. The second-order valence-corrected chi connectivity index (χ2v) is 5.68. The maximum absolute atomic E-state index is 5.85. The van der Waals surface area contributed by atoms with Crippen molar-refractivity contribution in [3.63, 3.8) is 0 Å². The smallest absolute Gasteiger partial charge is 0.119 e. The lowest BCUT2D eigenvalue weighted by atomic mass is 9.90. The molecule has 1 saturated carbocycles. The molecular weight excluding hydrogens is 230 g/mol. The van der Waals surface area contributed by atoms with Crippen LogP contribution in [0.15, 0.2) is 29.2 Å². The van der Waals surface area contributed by atoms with Crippen LogP contribution in [0.2, 0.25) is 0 Å². The van der Waals surface area contributed by atoms with Gasteiger partial charge in [0.25, 0.3) is 0 Å². The summed E-state index contributed by atoms with van der Waals surface area (Å²) >= 11 is 1.62. The van der Waals surface area contributed by atoms with Gasteiger partial charge < -0.3 is 4.74 Å². The molecule has 1 aliphatic rings. The molecule has 2 rings (SSSR count). The monoisotopic (exact) mass is 251 g/mol. The largest absolute Gasteiger partial charge is 0.493 e. The van der Waals surface area contributed by atoms with Crippen molar-refractivity contribution in [2.75, 3.05) is 13.7 Å². The molecule has 0 heterocycles. The van der Waals surface area contributed by atoms with Crippen LogP contribution in [-0.2, 0) is 0 Å². The minimum atomic E-state index is 0.773. The molecule has 0 aromatic heterocycles. The minimum absolute atomic E-state index is 0.773. The van der Waals surface area contributed by atoms with Gasteiger partial charge in [-0.3, -0.25) is 4.72 Å². The van der Waals surface area contributed by atoms with E-state index in [1.807, 2.05) is 7.05 Å². The Morgan fingerprint density at radius 3 is 2.53 bits per heavy atom. The Bertz CT molecular complexity index is 319. The number of benzene rings is 1. The SMILES string of the molecule is CNSc1ccc(OCC2CCCCC2)cc1. The summed E-state index contributed by atoms with van der Waals surface area (Å²) < 4.78 is 8.91. The first-order valence-corrected chi connectivity index (χ1v) is 7.26. The van der Waals surface area contributed by atoms with Gasteiger partial charge in [0.2, 0.25) is 0 Å². The van der Waals surface area contributed by atoms with E-state index in [1.54, 1.807) is 11.9 Å². The second kappa shape index (κ2) is 6.92. The third kappa shape index (κ3) is 4.25. The van der Waals surface area contributed by atoms with Crippen molar-refractivity contribution in [3.05, 3.63) is 24.3 Å². The average molecular weight is 251 g/mol. The molecule has 1 N–H and O–H groups in total. The highest BCUT2D eigenvalue weighted by Crippen LogP contribution is 2.25. The fraction of sp³-hybridized carbons (Fsp3) is 0.571. The van der Waals surface area contributed by atoms with Crippen LogP contribution in [0.4, 0.5) is 0 Å². The molecule has 0 amide bonds. The van der Waals surface area contributed by atoms with Crippen LogP contribution < -0.4 is 9.46 Å². The molecule has 0 saturated heterocycles. The predicted molar refractivity (Wildman–Crippen MR) is 73.4 cm³/mol. The van der Waals surface area contributed by atoms with Crippen molar-refractivity contribution >= 4 is 11.9 Å². The van der Waals surface area contributed by atoms with Gasteiger partial charge in [-0.05, 0) is 62.0 Å². The van der Waals surface area contributed by atoms with Crippen molar-refractivity contribution < 1.29 is 4.74 Å². The third-order valence-corrected chi connectivity index (χ3v) is 3.97. The maximum Gasteiger partial charge on any atom is 0.119 e. The summed E-state index contributed by atoms with van der Waals surface area (Å²) in [4.78, 5) is 1.22. The van der Waals surface area contributed by atoms with Crippen molar-refractivity contribution in [2.45, 2.75) is 37.0 Å². The van der Waals surface area contributed by atoms with E-state index in [2.05, 4.69) is 29.0 Å². The van der Waals surface area contributed by atoms with Crippen LogP contribution >= 0.6 is 11.9 Å². The molecule has 1 fully saturated rings. The molecule has 0 atom stereocenters. The zero-order chi connectivity index (χ0) is 11.9. The summed E-state index contributed by atoms with van der Waals surface area (Å²) in [5.41, 5.74) is 0. The Labute approximate surface area is 108 Å². The lowest BCUT2D eigenvalue weighted by Crippen LogP contribution is -2.15. The Balaban J connectivity index is 1.77. The summed E-state index contributed by atoms with van der Waals surface area (Å²) in [6.45, 7) is 0.887. The first kappa shape index (κ1) is 12.8. The first-order chi connectivity index (χ1) is 8.38. The van der Waals surface area contributed by atoms with Gasteiger partial charge in [0, 0.05) is 4.90 Å². The Hall–Kier alpha value is -0.670. The average Bonchev–Trinajstić information content (AvgIpc) is 2.40. The topological polar surface area (TPSA) is 21.3 Å². The first-order valence-electron chi connectivity index (χ1n) is 6.45. The highest BCUT2D eigenvalue weighted by molar-refractivity contribution is 7.97. The van der Waals surface area contributed by atoms with Crippen LogP contribution in [0.3, 0.4) is 0 Å². The number of ether oxygens (including phenoxy) is 1. The summed E-state index contributed by atoms with van der Waals surface area (Å²) in [5.74, 6) is 1.77. The van der Waals surface area contributed by atoms with E-state index >= 15 is 0 Å². The van der Waals surface area contributed by atoms with Crippen LogP contribution in [0.25, 0.3) is 0 Å². The quantitative estimate of drug-likeness (QED) is 0.803. The number of nitrogens with one attached hydrogen (secondary N) is 1. The fourth-order valence-corrected chi connectivity index (χ4v) is 2.80. The number of hydrogen-bond donors (Lipinski definition) is 1. The van der Waals surface area contributed by atoms with E-state index < -0.39 is 0 Å². The molecule has 0 spiro atoms. The van der Waals surface area contributed by atoms with Crippen molar-refractivity contribution in [1.29, 1.82) is 0 Å². The highest BCUT2D eigenvalue weighted by Gasteiger charge is 2.13. The molecule has 94 valence electrons. The lowest BCUT2D eigenvalue weighted by Gasteiger charge is -2.21. The van der Waals surface area contributed by atoms with Gasteiger partial charge in [-0.1, -0.05) is 19.3 Å². The molecule has 1 aromatic rings.